The van der Waals surface area contributed by atoms with Crippen LogP contribution in [0, 0.1) is 0 Å². The van der Waals surface area contributed by atoms with E-state index in [-0.39, 0.29) is 6.79 Å². The molecule has 1 heterocycles. The van der Waals surface area contributed by atoms with E-state index >= 15 is 0 Å². The highest BCUT2D eigenvalue weighted by Gasteiger charge is 2.18. The van der Waals surface area contributed by atoms with Gasteiger partial charge in [-0.3, -0.25) is 0 Å². The van der Waals surface area contributed by atoms with Gasteiger partial charge in [0, 0.05) is 12.6 Å². The molecular formula is C16H24ClNO2. The first-order valence-electron chi connectivity index (χ1n) is 7.56. The second kappa shape index (κ2) is 7.75. The average molecular weight is 298 g/mol. The van der Waals surface area contributed by atoms with Gasteiger partial charge in [-0.2, -0.15) is 0 Å². The van der Waals surface area contributed by atoms with E-state index in [0.29, 0.717) is 16.8 Å². The first kappa shape index (κ1) is 15.5. The van der Waals surface area contributed by atoms with Crippen molar-refractivity contribution in [3.63, 3.8) is 0 Å². The third kappa shape index (κ3) is 4.03. The quantitative estimate of drug-likeness (QED) is 0.765. The van der Waals surface area contributed by atoms with Crippen molar-refractivity contribution in [1.82, 2.24) is 5.32 Å². The Kier molecular flexibility index (Phi) is 5.99. The number of rotatable bonds is 8. The van der Waals surface area contributed by atoms with Crippen molar-refractivity contribution in [1.29, 1.82) is 0 Å². The summed E-state index contributed by atoms with van der Waals surface area (Å²) in [7, 11) is 0. The second-order valence-electron chi connectivity index (χ2n) is 5.32. The Morgan fingerprint density at radius 3 is 2.80 bits per heavy atom. The van der Waals surface area contributed by atoms with Crippen LogP contribution in [0.25, 0.3) is 0 Å². The molecule has 0 amide bonds. The molecule has 1 N–H and O–H groups in total. The fourth-order valence-corrected chi connectivity index (χ4v) is 2.82. The van der Waals surface area contributed by atoms with Gasteiger partial charge in [-0.25, -0.2) is 0 Å². The topological polar surface area (TPSA) is 30.5 Å². The third-order valence-corrected chi connectivity index (χ3v) is 3.91. The first-order chi connectivity index (χ1) is 9.74. The van der Waals surface area contributed by atoms with Gasteiger partial charge in [0.05, 0.1) is 5.02 Å². The summed E-state index contributed by atoms with van der Waals surface area (Å²) in [6.45, 7) is 5.56. The van der Waals surface area contributed by atoms with Crippen LogP contribution in [-0.2, 0) is 6.54 Å². The van der Waals surface area contributed by atoms with Gasteiger partial charge in [0.25, 0.3) is 0 Å². The fraction of sp³-hybridized carbons (Fsp3) is 0.625. The van der Waals surface area contributed by atoms with Crippen LogP contribution in [0.5, 0.6) is 11.5 Å². The predicted octanol–water partition coefficient (Wildman–Crippen LogP) is 4.52. The minimum atomic E-state index is 0.265. The Labute approximate surface area is 126 Å². The monoisotopic (exact) mass is 297 g/mol. The van der Waals surface area contributed by atoms with Crippen LogP contribution in [0.1, 0.15) is 51.5 Å². The van der Waals surface area contributed by atoms with E-state index in [1.807, 2.05) is 12.1 Å². The molecule has 0 bridgehead atoms. The zero-order valence-electron chi connectivity index (χ0n) is 12.4. The maximum absolute atomic E-state index is 6.20. The smallest absolute Gasteiger partial charge is 0.231 e. The molecule has 112 valence electrons. The Morgan fingerprint density at radius 1 is 1.20 bits per heavy atom. The van der Waals surface area contributed by atoms with Gasteiger partial charge >= 0.3 is 0 Å². The molecule has 0 saturated carbocycles. The molecule has 0 aliphatic carbocycles. The van der Waals surface area contributed by atoms with Crippen molar-refractivity contribution >= 4 is 11.6 Å². The molecule has 2 rings (SSSR count). The lowest BCUT2D eigenvalue weighted by Crippen LogP contribution is -2.28. The molecule has 1 aliphatic rings. The lowest BCUT2D eigenvalue weighted by Gasteiger charge is -2.18. The van der Waals surface area contributed by atoms with Gasteiger partial charge in [-0.15, -0.1) is 0 Å². The molecule has 0 aromatic heterocycles. The van der Waals surface area contributed by atoms with Crippen molar-refractivity contribution in [2.75, 3.05) is 6.79 Å². The van der Waals surface area contributed by atoms with Gasteiger partial charge in [0.15, 0.2) is 11.5 Å². The number of hydrogen-bond acceptors (Lipinski definition) is 3. The number of hydrogen-bond donors (Lipinski definition) is 1. The van der Waals surface area contributed by atoms with Crippen LogP contribution in [0.15, 0.2) is 12.1 Å². The van der Waals surface area contributed by atoms with E-state index in [1.165, 1.54) is 32.1 Å². The van der Waals surface area contributed by atoms with E-state index < -0.39 is 0 Å². The lowest BCUT2D eigenvalue weighted by atomic mass is 10.0. The summed E-state index contributed by atoms with van der Waals surface area (Å²) in [5, 5.41) is 4.27. The third-order valence-electron chi connectivity index (χ3n) is 3.63. The number of unbranched alkanes of at least 4 members (excludes halogenated alkanes) is 1. The fourth-order valence-electron chi connectivity index (χ4n) is 2.53. The normalized spacial score (nSPS) is 14.6. The van der Waals surface area contributed by atoms with Gasteiger partial charge < -0.3 is 14.8 Å². The van der Waals surface area contributed by atoms with Crippen molar-refractivity contribution in [2.45, 2.75) is 58.5 Å². The minimum absolute atomic E-state index is 0.265. The highest BCUT2D eigenvalue weighted by atomic mass is 35.5. The molecule has 1 aliphatic heterocycles. The second-order valence-corrected chi connectivity index (χ2v) is 5.73. The summed E-state index contributed by atoms with van der Waals surface area (Å²) in [5.41, 5.74) is 1.15. The van der Waals surface area contributed by atoms with Gasteiger partial charge in [0.2, 0.25) is 6.79 Å². The largest absolute Gasteiger partial charge is 0.454 e. The summed E-state index contributed by atoms with van der Waals surface area (Å²) in [4.78, 5) is 0. The van der Waals surface area contributed by atoms with E-state index in [4.69, 9.17) is 21.1 Å². The Morgan fingerprint density at radius 2 is 2.05 bits per heavy atom. The molecule has 0 saturated heterocycles. The first-order valence-corrected chi connectivity index (χ1v) is 7.93. The van der Waals surface area contributed by atoms with Crippen molar-refractivity contribution in [3.8, 4) is 11.5 Å². The molecule has 3 nitrogen and oxygen atoms in total. The Hall–Kier alpha value is -0.930. The zero-order valence-corrected chi connectivity index (χ0v) is 13.1. The summed E-state index contributed by atoms with van der Waals surface area (Å²) in [5.74, 6) is 1.43. The van der Waals surface area contributed by atoms with Crippen molar-refractivity contribution in [3.05, 3.63) is 22.7 Å². The number of fused-ring (bicyclic) bond motifs is 1. The van der Waals surface area contributed by atoms with E-state index in [2.05, 4.69) is 19.2 Å². The lowest BCUT2D eigenvalue weighted by molar-refractivity contribution is 0.174. The van der Waals surface area contributed by atoms with E-state index in [1.54, 1.807) is 0 Å². The van der Waals surface area contributed by atoms with Crippen LogP contribution in [-0.4, -0.2) is 12.8 Å². The van der Waals surface area contributed by atoms with Crippen LogP contribution in [0.3, 0.4) is 0 Å². The van der Waals surface area contributed by atoms with E-state index in [0.717, 1.165) is 17.9 Å². The predicted molar refractivity (Wildman–Crippen MR) is 82.6 cm³/mol. The Bertz CT molecular complexity index is 437. The molecule has 0 spiro atoms. The van der Waals surface area contributed by atoms with Crippen molar-refractivity contribution < 1.29 is 9.47 Å². The summed E-state index contributed by atoms with van der Waals surface area (Å²) in [6, 6.07) is 4.57. The maximum atomic E-state index is 6.20. The molecular weight excluding hydrogens is 274 g/mol. The van der Waals surface area contributed by atoms with Gasteiger partial charge in [-0.05, 0) is 30.5 Å². The van der Waals surface area contributed by atoms with Crippen LogP contribution in [0.4, 0.5) is 0 Å². The van der Waals surface area contributed by atoms with E-state index in [9.17, 15) is 0 Å². The standard InChI is InChI=1S/C16H24ClNO2/c1-3-5-7-13(6-4-2)18-10-12-8-14(17)16-15(9-12)19-11-20-16/h8-9,13,18H,3-7,10-11H2,1-2H3. The van der Waals surface area contributed by atoms with Crippen LogP contribution >= 0.6 is 11.6 Å². The molecule has 4 heteroatoms. The average Bonchev–Trinajstić information content (AvgIpc) is 2.91. The summed E-state index contributed by atoms with van der Waals surface area (Å²) in [6.07, 6.45) is 6.20. The SMILES string of the molecule is CCCCC(CCC)NCc1cc(Cl)c2c(c1)OCO2. The zero-order chi connectivity index (χ0) is 14.4. The van der Waals surface area contributed by atoms with Crippen LogP contribution in [0.2, 0.25) is 5.02 Å². The number of nitrogens with one attached hydrogen (secondary N) is 1. The number of halogens is 1. The minimum Gasteiger partial charge on any atom is -0.454 e. The molecule has 0 fully saturated rings. The molecule has 1 aromatic rings. The number of benzene rings is 1. The number of ether oxygens (including phenoxy) is 2. The summed E-state index contributed by atoms with van der Waals surface area (Å²) >= 11 is 6.20. The summed E-state index contributed by atoms with van der Waals surface area (Å²) < 4.78 is 10.7. The van der Waals surface area contributed by atoms with Gasteiger partial charge in [-0.1, -0.05) is 44.7 Å². The Balaban J connectivity index is 1.93. The maximum Gasteiger partial charge on any atom is 0.231 e. The molecule has 20 heavy (non-hydrogen) atoms. The van der Waals surface area contributed by atoms with Crippen molar-refractivity contribution in [2.24, 2.45) is 0 Å². The highest BCUT2D eigenvalue weighted by molar-refractivity contribution is 6.32. The molecule has 1 unspecified atom stereocenters. The molecule has 0 radical (unpaired) electrons. The van der Waals surface area contributed by atoms with Gasteiger partial charge in [0.1, 0.15) is 0 Å². The molecule has 1 aromatic carbocycles. The van der Waals surface area contributed by atoms with Crippen LogP contribution < -0.4 is 14.8 Å². The molecule has 1 atom stereocenters. The highest BCUT2D eigenvalue weighted by Crippen LogP contribution is 2.39.